The van der Waals surface area contributed by atoms with Crippen molar-refractivity contribution in [2.45, 2.75) is 13.5 Å². The molecule has 2 heterocycles. The number of rotatable bonds is 3. The van der Waals surface area contributed by atoms with Crippen LogP contribution in [0, 0.1) is 6.92 Å². The molecule has 0 aliphatic carbocycles. The van der Waals surface area contributed by atoms with E-state index >= 15 is 0 Å². The van der Waals surface area contributed by atoms with Gasteiger partial charge in [-0.15, -0.1) is 0 Å². The maximum absolute atomic E-state index is 5.94. The number of aryl methyl sites for hydroxylation is 2. The molecule has 3 aromatic rings. The molecule has 0 fully saturated rings. The zero-order valence-electron chi connectivity index (χ0n) is 11.5. The van der Waals surface area contributed by atoms with Gasteiger partial charge in [0, 0.05) is 19.8 Å². The molecule has 0 radical (unpaired) electrons. The maximum Gasteiger partial charge on any atom is 0.247 e. The lowest BCUT2D eigenvalue weighted by Gasteiger charge is -2.09. The van der Waals surface area contributed by atoms with Crippen molar-refractivity contribution in [2.75, 3.05) is 0 Å². The molecule has 0 saturated heterocycles. The monoisotopic (exact) mass is 268 g/mol. The van der Waals surface area contributed by atoms with Gasteiger partial charge >= 0.3 is 0 Å². The van der Waals surface area contributed by atoms with Gasteiger partial charge in [0.25, 0.3) is 0 Å². The number of nitrogens with two attached hydrogens (primary N) is 1. The van der Waals surface area contributed by atoms with Gasteiger partial charge in [-0.2, -0.15) is 0 Å². The minimum absolute atomic E-state index is 0.484. The first-order valence-electron chi connectivity index (χ1n) is 6.42. The third-order valence-corrected chi connectivity index (χ3v) is 3.30. The van der Waals surface area contributed by atoms with Gasteiger partial charge in [-0.05, 0) is 30.2 Å². The minimum Gasteiger partial charge on any atom is -0.437 e. The van der Waals surface area contributed by atoms with Crippen LogP contribution in [0.2, 0.25) is 0 Å². The lowest BCUT2D eigenvalue weighted by Crippen LogP contribution is -1.98. The average molecular weight is 268 g/mol. The summed E-state index contributed by atoms with van der Waals surface area (Å²) >= 11 is 0. The van der Waals surface area contributed by atoms with Crippen LogP contribution in [0.3, 0.4) is 0 Å². The number of aromatic nitrogens is 3. The van der Waals surface area contributed by atoms with Crippen molar-refractivity contribution in [1.82, 2.24) is 14.5 Å². The van der Waals surface area contributed by atoms with Gasteiger partial charge in [-0.1, -0.05) is 12.1 Å². The first-order chi connectivity index (χ1) is 9.69. The lowest BCUT2D eigenvalue weighted by molar-refractivity contribution is 0.464. The summed E-state index contributed by atoms with van der Waals surface area (Å²) in [4.78, 5) is 8.62. The Morgan fingerprint density at radius 1 is 1.25 bits per heavy atom. The van der Waals surface area contributed by atoms with E-state index in [2.05, 4.69) is 9.97 Å². The normalized spacial score (nSPS) is 10.9. The number of hydrogen-bond acceptors (Lipinski definition) is 4. The molecule has 0 saturated carbocycles. The first kappa shape index (κ1) is 12.6. The predicted molar refractivity (Wildman–Crippen MR) is 77.7 cm³/mol. The highest BCUT2D eigenvalue weighted by Crippen LogP contribution is 2.29. The summed E-state index contributed by atoms with van der Waals surface area (Å²) in [7, 11) is 1.94. The summed E-state index contributed by atoms with van der Waals surface area (Å²) in [5.41, 5.74) is 9.48. The van der Waals surface area contributed by atoms with E-state index in [9.17, 15) is 0 Å². The first-order valence-corrected chi connectivity index (χ1v) is 6.42. The summed E-state index contributed by atoms with van der Waals surface area (Å²) in [6.45, 7) is 2.48. The van der Waals surface area contributed by atoms with Crippen LogP contribution >= 0.6 is 0 Å². The van der Waals surface area contributed by atoms with Crippen molar-refractivity contribution in [1.29, 1.82) is 0 Å². The number of ether oxygens (including phenoxy) is 1. The molecule has 2 N–H and O–H groups in total. The zero-order chi connectivity index (χ0) is 14.1. The molecular formula is C15H16N4O. The molecule has 0 amide bonds. The molecule has 5 nitrogen and oxygen atoms in total. The highest BCUT2D eigenvalue weighted by molar-refractivity contribution is 5.80. The Bertz CT molecular complexity index is 764. The molecule has 2 aromatic heterocycles. The van der Waals surface area contributed by atoms with E-state index in [1.807, 2.05) is 42.8 Å². The third kappa shape index (κ3) is 2.12. The second-order valence-corrected chi connectivity index (χ2v) is 4.75. The van der Waals surface area contributed by atoms with Crippen molar-refractivity contribution in [3.8, 4) is 11.6 Å². The largest absolute Gasteiger partial charge is 0.437 e. The number of fused-ring (bicyclic) bond motifs is 1. The average Bonchev–Trinajstić information content (AvgIpc) is 2.84. The highest BCUT2D eigenvalue weighted by atomic mass is 16.5. The third-order valence-electron chi connectivity index (χ3n) is 3.30. The number of nitrogens with zero attached hydrogens (tertiary/aromatic N) is 3. The van der Waals surface area contributed by atoms with Gasteiger partial charge in [-0.3, -0.25) is 0 Å². The maximum atomic E-state index is 5.94. The van der Waals surface area contributed by atoms with Crippen LogP contribution in [0.1, 0.15) is 11.1 Å². The summed E-state index contributed by atoms with van der Waals surface area (Å²) in [5, 5.41) is 0. The number of imidazole rings is 1. The Morgan fingerprint density at radius 2 is 2.10 bits per heavy atom. The van der Waals surface area contributed by atoms with Gasteiger partial charge in [0.2, 0.25) is 5.88 Å². The Labute approximate surface area is 117 Å². The van der Waals surface area contributed by atoms with Gasteiger partial charge in [0.05, 0.1) is 11.8 Å². The topological polar surface area (TPSA) is 66.0 Å². The van der Waals surface area contributed by atoms with Gasteiger partial charge in [0.1, 0.15) is 5.75 Å². The zero-order valence-corrected chi connectivity index (χ0v) is 11.5. The molecule has 5 heteroatoms. The number of hydrogen-bond donors (Lipinski definition) is 1. The van der Waals surface area contributed by atoms with Gasteiger partial charge in [0.15, 0.2) is 5.52 Å². The molecule has 0 bridgehead atoms. The molecule has 20 heavy (non-hydrogen) atoms. The van der Waals surface area contributed by atoms with Crippen LogP contribution in [0.5, 0.6) is 11.6 Å². The molecule has 0 unspecified atom stereocenters. The van der Waals surface area contributed by atoms with Crippen molar-refractivity contribution in [3.05, 3.63) is 47.9 Å². The van der Waals surface area contributed by atoms with Crippen LogP contribution in [0.25, 0.3) is 11.0 Å². The molecule has 0 atom stereocenters. The SMILES string of the molecule is Cc1ccc(CN)cc1Oc1nccc2c1ncn2C. The highest BCUT2D eigenvalue weighted by Gasteiger charge is 2.10. The smallest absolute Gasteiger partial charge is 0.247 e. The minimum atomic E-state index is 0.484. The molecule has 1 aromatic carbocycles. The number of pyridine rings is 1. The molecule has 3 rings (SSSR count). The van der Waals surface area contributed by atoms with Crippen molar-refractivity contribution >= 4 is 11.0 Å². The second-order valence-electron chi connectivity index (χ2n) is 4.75. The fraction of sp³-hybridized carbons (Fsp3) is 0.200. The Morgan fingerprint density at radius 3 is 2.90 bits per heavy atom. The van der Waals surface area contributed by atoms with Crippen LogP contribution in [0.15, 0.2) is 36.8 Å². The van der Waals surface area contributed by atoms with Crippen molar-refractivity contribution in [3.63, 3.8) is 0 Å². The summed E-state index contributed by atoms with van der Waals surface area (Å²) in [6, 6.07) is 7.85. The van der Waals surface area contributed by atoms with Crippen LogP contribution in [-0.4, -0.2) is 14.5 Å². The van der Waals surface area contributed by atoms with E-state index < -0.39 is 0 Å². The van der Waals surface area contributed by atoms with Crippen LogP contribution < -0.4 is 10.5 Å². The number of benzene rings is 1. The Kier molecular flexibility index (Phi) is 3.12. The van der Waals surface area contributed by atoms with Crippen molar-refractivity contribution < 1.29 is 4.74 Å². The molecule has 102 valence electrons. The second kappa shape index (κ2) is 4.94. The van der Waals surface area contributed by atoms with E-state index in [1.165, 1.54) is 0 Å². The fourth-order valence-electron chi connectivity index (χ4n) is 2.10. The molecule has 0 aliphatic rings. The summed E-state index contributed by atoms with van der Waals surface area (Å²) in [6.07, 6.45) is 3.48. The van der Waals surface area contributed by atoms with Crippen LogP contribution in [-0.2, 0) is 13.6 Å². The Hall–Kier alpha value is -2.40. The van der Waals surface area contributed by atoms with E-state index in [-0.39, 0.29) is 0 Å². The van der Waals surface area contributed by atoms with Gasteiger partial charge < -0.3 is 15.0 Å². The van der Waals surface area contributed by atoms with E-state index in [1.54, 1.807) is 12.5 Å². The Balaban J connectivity index is 2.05. The lowest BCUT2D eigenvalue weighted by atomic mass is 10.1. The van der Waals surface area contributed by atoms with E-state index in [0.29, 0.717) is 12.4 Å². The van der Waals surface area contributed by atoms with Crippen molar-refractivity contribution in [2.24, 2.45) is 12.8 Å². The summed E-state index contributed by atoms with van der Waals surface area (Å²) in [5.74, 6) is 1.28. The predicted octanol–water partition coefficient (Wildman–Crippen LogP) is 2.53. The van der Waals surface area contributed by atoms with E-state index in [4.69, 9.17) is 10.5 Å². The summed E-state index contributed by atoms with van der Waals surface area (Å²) < 4.78 is 7.87. The fourth-order valence-corrected chi connectivity index (χ4v) is 2.10. The quantitative estimate of drug-likeness (QED) is 0.792. The molecule has 0 aliphatic heterocycles. The molecule has 0 spiro atoms. The van der Waals surface area contributed by atoms with Gasteiger partial charge in [-0.25, -0.2) is 9.97 Å². The molecular weight excluding hydrogens is 252 g/mol. The van der Waals surface area contributed by atoms with Crippen LogP contribution in [0.4, 0.5) is 0 Å². The van der Waals surface area contributed by atoms with E-state index in [0.717, 1.165) is 27.9 Å². The standard InChI is InChI=1S/C15H16N4O/c1-10-3-4-11(8-16)7-13(10)20-15-14-12(5-6-17-15)19(2)9-18-14/h3-7,9H,8,16H2,1-2H3.